The van der Waals surface area contributed by atoms with Gasteiger partial charge in [-0.3, -0.25) is 14.7 Å². The van der Waals surface area contributed by atoms with Crippen LogP contribution in [0.2, 0.25) is 0 Å². The van der Waals surface area contributed by atoms with E-state index in [-0.39, 0.29) is 36.4 Å². The number of hydrogen-bond donors (Lipinski definition) is 2. The summed E-state index contributed by atoms with van der Waals surface area (Å²) in [5.41, 5.74) is -0.422. The molecule has 1 aliphatic carbocycles. The lowest BCUT2D eigenvalue weighted by Gasteiger charge is -2.31. The zero-order valence-corrected chi connectivity index (χ0v) is 18.3. The van der Waals surface area contributed by atoms with Gasteiger partial charge in [0.05, 0.1) is 12.0 Å². The van der Waals surface area contributed by atoms with Gasteiger partial charge in [0.2, 0.25) is 5.91 Å². The first kappa shape index (κ1) is 25.2. The molecule has 10 heteroatoms. The number of carbonyl (C=O) groups excluding carboxylic acids is 1. The number of nitrogens with zero attached hydrogens (tertiary/aromatic N) is 3. The van der Waals surface area contributed by atoms with Gasteiger partial charge in [0.1, 0.15) is 0 Å². The molecule has 0 aromatic rings. The smallest absolute Gasteiger partial charge is 0.355 e. The Morgan fingerprint density at radius 2 is 1.73 bits per heavy atom. The highest BCUT2D eigenvalue weighted by atomic mass is 127. The van der Waals surface area contributed by atoms with Gasteiger partial charge in [0.15, 0.2) is 5.96 Å². The van der Waals surface area contributed by atoms with Gasteiger partial charge in [-0.05, 0) is 19.9 Å². The second-order valence-electron chi connectivity index (χ2n) is 6.89. The van der Waals surface area contributed by atoms with Gasteiger partial charge in [0.25, 0.3) is 0 Å². The van der Waals surface area contributed by atoms with Gasteiger partial charge in [-0.2, -0.15) is 13.2 Å². The fraction of sp³-hybridized carbons (Fsp3) is 0.875. The number of rotatable bonds is 7. The molecule has 1 aliphatic rings. The summed E-state index contributed by atoms with van der Waals surface area (Å²) in [7, 11) is 6.54. The third-order valence-corrected chi connectivity index (χ3v) is 4.47. The average Bonchev–Trinajstić information content (AvgIpc) is 2.98. The topological polar surface area (TPSA) is 60.0 Å². The largest absolute Gasteiger partial charge is 0.401 e. The molecule has 0 spiro atoms. The molecule has 1 amide bonds. The fourth-order valence-electron chi connectivity index (χ4n) is 3.22. The predicted molar refractivity (Wildman–Crippen MR) is 108 cm³/mol. The van der Waals surface area contributed by atoms with Crippen molar-refractivity contribution in [2.45, 2.75) is 31.9 Å². The highest BCUT2D eigenvalue weighted by molar-refractivity contribution is 14.0. The van der Waals surface area contributed by atoms with Crippen molar-refractivity contribution in [3.63, 3.8) is 0 Å². The Kier molecular flexibility index (Phi) is 10.8. The van der Waals surface area contributed by atoms with Gasteiger partial charge in [-0.1, -0.05) is 12.8 Å². The molecule has 1 saturated carbocycles. The predicted octanol–water partition coefficient (Wildman–Crippen LogP) is 1.91. The Balaban J connectivity index is 0.00000625. The van der Waals surface area contributed by atoms with Crippen LogP contribution in [0.1, 0.15) is 25.7 Å². The summed E-state index contributed by atoms with van der Waals surface area (Å²) in [4.78, 5) is 19.4. The van der Waals surface area contributed by atoms with Crippen molar-refractivity contribution < 1.29 is 18.0 Å². The van der Waals surface area contributed by atoms with Crippen molar-refractivity contribution in [2.75, 3.05) is 54.4 Å². The lowest BCUT2D eigenvalue weighted by molar-refractivity contribution is -0.142. The van der Waals surface area contributed by atoms with Crippen molar-refractivity contribution in [2.24, 2.45) is 10.4 Å². The van der Waals surface area contributed by atoms with Crippen molar-refractivity contribution in [3.05, 3.63) is 0 Å². The van der Waals surface area contributed by atoms with E-state index in [0.29, 0.717) is 19.0 Å². The summed E-state index contributed by atoms with van der Waals surface area (Å²) in [6.45, 7) is 0.103. The molecule has 0 aromatic heterocycles. The molecule has 26 heavy (non-hydrogen) atoms. The number of amides is 1. The van der Waals surface area contributed by atoms with Crippen molar-refractivity contribution >= 4 is 35.8 Å². The standard InChI is InChI=1S/C16H30F3N5O.HI/c1-20-14(21-9-10-24(4)12-16(17,18)19)22-11-15(7-5-6-8-15)13(25)23(2)3;/h5-12H2,1-4H3,(H2,20,21,22);1H. The zero-order valence-electron chi connectivity index (χ0n) is 15.9. The van der Waals surface area contributed by atoms with E-state index in [9.17, 15) is 18.0 Å². The van der Waals surface area contributed by atoms with E-state index < -0.39 is 18.1 Å². The van der Waals surface area contributed by atoms with Crippen LogP contribution >= 0.6 is 24.0 Å². The second-order valence-corrected chi connectivity index (χ2v) is 6.89. The monoisotopic (exact) mass is 493 g/mol. The first-order chi connectivity index (χ1) is 11.6. The summed E-state index contributed by atoms with van der Waals surface area (Å²) < 4.78 is 36.9. The normalized spacial score (nSPS) is 17.0. The first-order valence-corrected chi connectivity index (χ1v) is 8.51. The number of hydrogen-bond acceptors (Lipinski definition) is 3. The number of alkyl halides is 3. The van der Waals surface area contributed by atoms with E-state index in [1.807, 2.05) is 0 Å². The number of likely N-dealkylation sites (N-methyl/N-ethyl adjacent to an activating group) is 1. The number of guanidine groups is 1. The average molecular weight is 493 g/mol. The van der Waals surface area contributed by atoms with Gasteiger partial charge < -0.3 is 15.5 Å². The third-order valence-electron chi connectivity index (χ3n) is 4.47. The van der Waals surface area contributed by atoms with Crippen LogP contribution in [0.3, 0.4) is 0 Å². The lowest BCUT2D eigenvalue weighted by atomic mass is 9.84. The van der Waals surface area contributed by atoms with Gasteiger partial charge >= 0.3 is 6.18 Å². The maximum absolute atomic E-state index is 12.5. The molecular formula is C16H31F3IN5O. The molecule has 0 unspecified atom stereocenters. The van der Waals surface area contributed by atoms with Gasteiger partial charge in [-0.25, -0.2) is 0 Å². The highest BCUT2D eigenvalue weighted by Gasteiger charge is 2.42. The molecule has 2 N–H and O–H groups in total. The van der Waals surface area contributed by atoms with Crippen LogP contribution in [0.15, 0.2) is 4.99 Å². The minimum Gasteiger partial charge on any atom is -0.355 e. The first-order valence-electron chi connectivity index (χ1n) is 8.51. The maximum Gasteiger partial charge on any atom is 0.401 e. The van der Waals surface area contributed by atoms with Crippen LogP contribution in [-0.2, 0) is 4.79 Å². The molecule has 1 rings (SSSR count). The quantitative estimate of drug-likeness (QED) is 0.323. The second kappa shape index (κ2) is 11.2. The highest BCUT2D eigenvalue weighted by Crippen LogP contribution is 2.38. The molecule has 0 radical (unpaired) electrons. The van der Waals surface area contributed by atoms with E-state index in [2.05, 4.69) is 15.6 Å². The Hall–Kier alpha value is -0.780. The molecule has 0 atom stereocenters. The summed E-state index contributed by atoms with van der Waals surface area (Å²) in [6, 6.07) is 0. The molecule has 0 heterocycles. The molecular weight excluding hydrogens is 462 g/mol. The van der Waals surface area contributed by atoms with E-state index >= 15 is 0 Å². The minimum atomic E-state index is -4.20. The molecule has 0 saturated heterocycles. The van der Waals surface area contributed by atoms with Crippen LogP contribution in [0.4, 0.5) is 13.2 Å². The molecule has 6 nitrogen and oxygen atoms in total. The molecule has 0 aliphatic heterocycles. The maximum atomic E-state index is 12.5. The van der Waals surface area contributed by atoms with Crippen LogP contribution in [0.25, 0.3) is 0 Å². The summed E-state index contributed by atoms with van der Waals surface area (Å²) in [6.07, 6.45) is -0.480. The summed E-state index contributed by atoms with van der Waals surface area (Å²) in [5.74, 6) is 0.608. The minimum absolute atomic E-state index is 0. The molecule has 0 bridgehead atoms. The Labute approximate surface area is 171 Å². The Morgan fingerprint density at radius 3 is 2.19 bits per heavy atom. The summed E-state index contributed by atoms with van der Waals surface area (Å²) >= 11 is 0. The van der Waals surface area contributed by atoms with Gasteiger partial charge in [0, 0.05) is 40.8 Å². The van der Waals surface area contributed by atoms with E-state index in [4.69, 9.17) is 0 Å². The SMILES string of the molecule is CN=C(NCCN(C)CC(F)(F)F)NCC1(C(=O)N(C)C)CCCC1.I. The van der Waals surface area contributed by atoms with Crippen molar-refractivity contribution in [1.82, 2.24) is 20.4 Å². The van der Waals surface area contributed by atoms with E-state index in [0.717, 1.165) is 25.7 Å². The van der Waals surface area contributed by atoms with Crippen molar-refractivity contribution in [3.8, 4) is 0 Å². The molecule has 154 valence electrons. The Bertz CT molecular complexity index is 465. The number of carbonyl (C=O) groups is 1. The van der Waals surface area contributed by atoms with Crippen molar-refractivity contribution in [1.29, 1.82) is 0 Å². The number of halogens is 4. The van der Waals surface area contributed by atoms with E-state index in [1.165, 1.54) is 11.9 Å². The number of aliphatic imine (C=N–C) groups is 1. The molecule has 1 fully saturated rings. The summed E-state index contributed by atoms with van der Waals surface area (Å²) in [5, 5.41) is 6.16. The van der Waals surface area contributed by atoms with Crippen LogP contribution in [-0.4, -0.2) is 82.2 Å². The third kappa shape index (κ3) is 8.28. The van der Waals surface area contributed by atoms with Crippen LogP contribution in [0, 0.1) is 5.41 Å². The van der Waals surface area contributed by atoms with Gasteiger partial charge in [-0.15, -0.1) is 24.0 Å². The van der Waals surface area contributed by atoms with Crippen LogP contribution in [0.5, 0.6) is 0 Å². The molecule has 0 aromatic carbocycles. The number of nitrogens with one attached hydrogen (secondary N) is 2. The Morgan fingerprint density at radius 1 is 1.15 bits per heavy atom. The van der Waals surface area contributed by atoms with E-state index in [1.54, 1.807) is 26.0 Å². The fourth-order valence-corrected chi connectivity index (χ4v) is 3.22. The zero-order chi connectivity index (χ0) is 19.1. The lowest BCUT2D eigenvalue weighted by Crippen LogP contribution is -2.50. The van der Waals surface area contributed by atoms with Crippen LogP contribution < -0.4 is 10.6 Å².